The number of benzene rings is 1. The Kier molecular flexibility index (Phi) is 3.99. The second-order valence-corrected chi connectivity index (χ2v) is 4.52. The fraction of sp³-hybridized carbons (Fsp3) is 0.167. The van der Waals surface area contributed by atoms with E-state index in [0.717, 1.165) is 10.2 Å². The number of aromatic nitrogens is 2. The summed E-state index contributed by atoms with van der Waals surface area (Å²) in [4.78, 5) is 24.4. The first-order valence-electron chi connectivity index (χ1n) is 5.33. The van der Waals surface area contributed by atoms with Crippen LogP contribution in [-0.2, 0) is 6.54 Å². The lowest BCUT2D eigenvalue weighted by Crippen LogP contribution is -2.30. The number of nitrogens with one attached hydrogen (secondary N) is 1. The molecule has 0 bridgehead atoms. The smallest absolute Gasteiger partial charge is 0.328 e. The molecule has 6 heteroatoms. The summed E-state index contributed by atoms with van der Waals surface area (Å²) in [5.41, 5.74) is -0.827. The molecule has 18 heavy (non-hydrogen) atoms. The molecule has 1 N–H and O–H groups in total. The van der Waals surface area contributed by atoms with Crippen molar-refractivity contribution in [3.05, 3.63) is 61.8 Å². The van der Waals surface area contributed by atoms with Crippen LogP contribution in [0.5, 0.6) is 5.75 Å². The Labute approximate surface area is 111 Å². The maximum absolute atomic E-state index is 11.4. The largest absolute Gasteiger partial charge is 0.492 e. The molecule has 0 aliphatic heterocycles. The summed E-state index contributed by atoms with van der Waals surface area (Å²) in [6.45, 7) is 0.735. The Balaban J connectivity index is 1.94. The molecule has 1 heterocycles. The van der Waals surface area contributed by atoms with Gasteiger partial charge in [-0.15, -0.1) is 0 Å². The van der Waals surface area contributed by atoms with Gasteiger partial charge in [-0.1, -0.05) is 15.9 Å². The molecule has 0 spiro atoms. The van der Waals surface area contributed by atoms with Gasteiger partial charge < -0.3 is 4.74 Å². The highest BCUT2D eigenvalue weighted by molar-refractivity contribution is 9.10. The number of hydrogen-bond acceptors (Lipinski definition) is 3. The highest BCUT2D eigenvalue weighted by Gasteiger charge is 1.97. The van der Waals surface area contributed by atoms with Crippen molar-refractivity contribution in [3.63, 3.8) is 0 Å². The summed E-state index contributed by atoms with van der Waals surface area (Å²) in [5.74, 6) is 0.732. The number of nitrogens with zero attached hydrogens (tertiary/aromatic N) is 1. The lowest BCUT2D eigenvalue weighted by molar-refractivity contribution is 0.295. The van der Waals surface area contributed by atoms with E-state index in [2.05, 4.69) is 20.9 Å². The van der Waals surface area contributed by atoms with Crippen LogP contribution in [0.25, 0.3) is 0 Å². The molecule has 0 aliphatic rings. The molecule has 0 amide bonds. The Morgan fingerprint density at radius 3 is 2.56 bits per heavy atom. The van der Waals surface area contributed by atoms with Crippen LogP contribution in [-0.4, -0.2) is 16.2 Å². The van der Waals surface area contributed by atoms with Gasteiger partial charge >= 0.3 is 5.69 Å². The predicted octanol–water partition coefficient (Wildman–Crippen LogP) is 1.38. The van der Waals surface area contributed by atoms with Crippen LogP contribution in [0.3, 0.4) is 0 Å². The zero-order valence-corrected chi connectivity index (χ0v) is 11.0. The Bertz CT molecular complexity index is 631. The van der Waals surface area contributed by atoms with E-state index in [1.165, 1.54) is 16.8 Å². The van der Waals surface area contributed by atoms with Gasteiger partial charge in [0.2, 0.25) is 0 Å². The van der Waals surface area contributed by atoms with E-state index in [-0.39, 0.29) is 0 Å². The van der Waals surface area contributed by atoms with Gasteiger partial charge in [0.15, 0.2) is 0 Å². The third-order valence-corrected chi connectivity index (χ3v) is 2.84. The van der Waals surface area contributed by atoms with E-state index in [1.54, 1.807) is 0 Å². The summed E-state index contributed by atoms with van der Waals surface area (Å²) in [6.07, 6.45) is 1.45. The topological polar surface area (TPSA) is 64.1 Å². The summed E-state index contributed by atoms with van der Waals surface area (Å²) in [6, 6.07) is 8.73. The lowest BCUT2D eigenvalue weighted by atomic mass is 10.3. The molecular formula is C12H11BrN2O3. The fourth-order valence-electron chi connectivity index (χ4n) is 1.41. The van der Waals surface area contributed by atoms with Crippen LogP contribution in [0.1, 0.15) is 0 Å². The van der Waals surface area contributed by atoms with Crippen molar-refractivity contribution in [3.8, 4) is 5.75 Å². The normalized spacial score (nSPS) is 10.3. The molecule has 1 aromatic heterocycles. The van der Waals surface area contributed by atoms with Crippen molar-refractivity contribution in [2.75, 3.05) is 6.61 Å². The number of rotatable bonds is 4. The highest BCUT2D eigenvalue weighted by Crippen LogP contribution is 2.15. The molecule has 0 fully saturated rings. The molecule has 0 saturated heterocycles. The van der Waals surface area contributed by atoms with E-state index in [4.69, 9.17) is 4.74 Å². The Morgan fingerprint density at radius 2 is 1.89 bits per heavy atom. The van der Waals surface area contributed by atoms with E-state index in [1.807, 2.05) is 24.3 Å². The van der Waals surface area contributed by atoms with Gasteiger partial charge in [-0.3, -0.25) is 14.3 Å². The molecule has 94 valence electrons. The molecule has 0 atom stereocenters. The third-order valence-electron chi connectivity index (χ3n) is 2.31. The molecule has 0 unspecified atom stereocenters. The van der Waals surface area contributed by atoms with Crippen molar-refractivity contribution in [1.29, 1.82) is 0 Å². The second kappa shape index (κ2) is 5.68. The summed E-state index contributed by atoms with van der Waals surface area (Å²) < 4.78 is 7.85. The third kappa shape index (κ3) is 3.33. The predicted molar refractivity (Wildman–Crippen MR) is 71.0 cm³/mol. The molecule has 1 aromatic carbocycles. The average molecular weight is 311 g/mol. The molecule has 0 aliphatic carbocycles. The molecule has 2 rings (SSSR count). The van der Waals surface area contributed by atoms with E-state index >= 15 is 0 Å². The van der Waals surface area contributed by atoms with Gasteiger partial charge in [-0.05, 0) is 24.3 Å². The van der Waals surface area contributed by atoms with Crippen molar-refractivity contribution in [2.24, 2.45) is 0 Å². The number of aromatic amines is 1. The molecule has 0 saturated carbocycles. The minimum Gasteiger partial charge on any atom is -0.492 e. The van der Waals surface area contributed by atoms with E-state index < -0.39 is 11.2 Å². The maximum Gasteiger partial charge on any atom is 0.328 e. The van der Waals surface area contributed by atoms with Crippen molar-refractivity contribution >= 4 is 15.9 Å². The minimum atomic E-state index is -0.429. The van der Waals surface area contributed by atoms with Crippen LogP contribution in [0.2, 0.25) is 0 Å². The SMILES string of the molecule is O=c1ccn(CCOc2ccc(Br)cc2)c(=O)[nH]1. The van der Waals surface area contributed by atoms with Gasteiger partial charge in [0.05, 0.1) is 6.54 Å². The monoisotopic (exact) mass is 310 g/mol. The average Bonchev–Trinajstić information content (AvgIpc) is 2.34. The quantitative estimate of drug-likeness (QED) is 0.928. The first-order chi connectivity index (χ1) is 8.65. The van der Waals surface area contributed by atoms with Crippen LogP contribution >= 0.6 is 15.9 Å². The fourth-order valence-corrected chi connectivity index (χ4v) is 1.68. The zero-order chi connectivity index (χ0) is 13.0. The standard InChI is InChI=1S/C12H11BrN2O3/c13-9-1-3-10(4-2-9)18-8-7-15-6-5-11(16)14-12(15)17/h1-6H,7-8H2,(H,14,16,17). The maximum atomic E-state index is 11.4. The van der Waals surface area contributed by atoms with Gasteiger partial charge in [-0.2, -0.15) is 0 Å². The summed E-state index contributed by atoms with van der Waals surface area (Å²) >= 11 is 3.33. The Hall–Kier alpha value is -1.82. The minimum absolute atomic E-state index is 0.355. The summed E-state index contributed by atoms with van der Waals surface area (Å²) in [7, 11) is 0. The number of ether oxygens (including phenoxy) is 1. The van der Waals surface area contributed by atoms with Crippen molar-refractivity contribution in [1.82, 2.24) is 9.55 Å². The van der Waals surface area contributed by atoms with Crippen LogP contribution < -0.4 is 16.0 Å². The van der Waals surface area contributed by atoms with Gasteiger partial charge in [0.1, 0.15) is 12.4 Å². The van der Waals surface area contributed by atoms with Crippen molar-refractivity contribution in [2.45, 2.75) is 6.54 Å². The Morgan fingerprint density at radius 1 is 1.17 bits per heavy atom. The van der Waals surface area contributed by atoms with Crippen molar-refractivity contribution < 1.29 is 4.74 Å². The zero-order valence-electron chi connectivity index (χ0n) is 9.43. The molecular weight excluding hydrogens is 300 g/mol. The lowest BCUT2D eigenvalue weighted by Gasteiger charge is -2.07. The first kappa shape index (κ1) is 12.6. The van der Waals surface area contributed by atoms with Gasteiger partial charge in [-0.25, -0.2) is 4.79 Å². The molecule has 2 aromatic rings. The van der Waals surface area contributed by atoms with Gasteiger partial charge in [0.25, 0.3) is 5.56 Å². The highest BCUT2D eigenvalue weighted by atomic mass is 79.9. The second-order valence-electron chi connectivity index (χ2n) is 3.61. The van der Waals surface area contributed by atoms with Gasteiger partial charge in [0, 0.05) is 16.7 Å². The van der Waals surface area contributed by atoms with Crippen LogP contribution in [0.15, 0.2) is 50.6 Å². The number of halogens is 1. The van der Waals surface area contributed by atoms with E-state index in [0.29, 0.717) is 13.2 Å². The summed E-state index contributed by atoms with van der Waals surface area (Å²) in [5, 5.41) is 0. The number of H-pyrrole nitrogens is 1. The van der Waals surface area contributed by atoms with Crippen LogP contribution in [0, 0.1) is 0 Å². The van der Waals surface area contributed by atoms with Crippen LogP contribution in [0.4, 0.5) is 0 Å². The number of hydrogen-bond donors (Lipinski definition) is 1. The molecule has 0 radical (unpaired) electrons. The first-order valence-corrected chi connectivity index (χ1v) is 6.12. The van der Waals surface area contributed by atoms with E-state index in [9.17, 15) is 9.59 Å². The molecule has 5 nitrogen and oxygen atoms in total.